The molecule has 1 unspecified atom stereocenters. The van der Waals surface area contributed by atoms with E-state index in [-0.39, 0.29) is 5.91 Å². The molecule has 36 heavy (non-hydrogen) atoms. The van der Waals surface area contributed by atoms with Gasteiger partial charge in [0, 0.05) is 11.4 Å². The molecule has 1 amide bonds. The molecule has 0 N–H and O–H groups in total. The van der Waals surface area contributed by atoms with E-state index < -0.39 is 5.54 Å². The summed E-state index contributed by atoms with van der Waals surface area (Å²) in [6.45, 7) is 1.95. The lowest BCUT2D eigenvalue weighted by atomic mass is 9.76. The van der Waals surface area contributed by atoms with Crippen LogP contribution in [-0.4, -0.2) is 23.9 Å². The molecule has 3 heteroatoms. The van der Waals surface area contributed by atoms with Gasteiger partial charge in [0.05, 0.1) is 0 Å². The second kappa shape index (κ2) is 11.9. The van der Waals surface area contributed by atoms with Crippen LogP contribution in [0.4, 0.5) is 11.4 Å². The van der Waals surface area contributed by atoms with E-state index in [9.17, 15) is 0 Å². The highest BCUT2D eigenvalue weighted by Crippen LogP contribution is 2.43. The number of piperidine rings is 1. The summed E-state index contributed by atoms with van der Waals surface area (Å²) in [5.41, 5.74) is 2.34. The summed E-state index contributed by atoms with van der Waals surface area (Å²) in [6, 6.07) is 31.1. The normalized spacial score (nSPS) is 18.9. The molecule has 0 radical (unpaired) electrons. The average Bonchev–Trinajstić information content (AvgIpc) is 2.96. The second-order valence-electron chi connectivity index (χ2n) is 10.6. The molecule has 2 aliphatic rings. The van der Waals surface area contributed by atoms with Crippen LogP contribution in [0.15, 0.2) is 91.0 Å². The first-order valence-electron chi connectivity index (χ1n) is 14.0. The predicted molar refractivity (Wildman–Crippen MR) is 149 cm³/mol. The van der Waals surface area contributed by atoms with E-state index in [0.29, 0.717) is 0 Å². The van der Waals surface area contributed by atoms with Crippen LogP contribution in [0.3, 0.4) is 0 Å². The summed E-state index contributed by atoms with van der Waals surface area (Å²) in [6.07, 6.45) is 12.2. The highest BCUT2D eigenvalue weighted by molar-refractivity contribution is 6.06. The van der Waals surface area contributed by atoms with Gasteiger partial charge in [0.25, 0.3) is 5.91 Å². The maximum absolute atomic E-state index is 15.2. The topological polar surface area (TPSA) is 23.6 Å². The van der Waals surface area contributed by atoms with Crippen LogP contribution in [0.5, 0.6) is 0 Å². The molecule has 1 saturated carbocycles. The smallest absolute Gasteiger partial charge is 0.256 e. The molecule has 0 spiro atoms. The molecule has 3 nitrogen and oxygen atoms in total. The fraction of sp³-hybridized carbons (Fsp3) is 0.424. The fourth-order valence-corrected chi connectivity index (χ4v) is 6.45. The minimum Gasteiger partial charge on any atom is -0.286 e. The summed E-state index contributed by atoms with van der Waals surface area (Å²) in [5, 5.41) is 0. The molecule has 1 atom stereocenters. The van der Waals surface area contributed by atoms with Crippen LogP contribution in [0.1, 0.15) is 69.8 Å². The molecule has 1 aliphatic carbocycles. The van der Waals surface area contributed by atoms with Crippen LogP contribution in [0.25, 0.3) is 0 Å². The van der Waals surface area contributed by atoms with Crippen molar-refractivity contribution in [1.29, 1.82) is 0 Å². The highest BCUT2D eigenvalue weighted by Gasteiger charge is 2.48. The van der Waals surface area contributed by atoms with Crippen molar-refractivity contribution in [2.45, 2.75) is 69.7 Å². The SMILES string of the molecule is O=C(N(c1ccccc1)c1ccccc1)C(CCC1CCCCC1)(c1ccccc1)N1CCCCC1. The number of anilines is 2. The molecular formula is C33H40N2O. The summed E-state index contributed by atoms with van der Waals surface area (Å²) >= 11 is 0. The van der Waals surface area contributed by atoms with Crippen molar-refractivity contribution in [1.82, 2.24) is 4.90 Å². The van der Waals surface area contributed by atoms with Gasteiger partial charge in [0.2, 0.25) is 0 Å². The van der Waals surface area contributed by atoms with Crippen molar-refractivity contribution in [2.24, 2.45) is 5.92 Å². The molecule has 188 valence electrons. The monoisotopic (exact) mass is 480 g/mol. The Hall–Kier alpha value is -2.91. The van der Waals surface area contributed by atoms with Gasteiger partial charge in [-0.2, -0.15) is 0 Å². The Morgan fingerprint density at radius 3 is 1.75 bits per heavy atom. The third-order valence-corrected chi connectivity index (χ3v) is 8.37. The van der Waals surface area contributed by atoms with Gasteiger partial charge in [0.1, 0.15) is 5.54 Å². The van der Waals surface area contributed by atoms with Gasteiger partial charge < -0.3 is 0 Å². The van der Waals surface area contributed by atoms with Crippen molar-refractivity contribution in [2.75, 3.05) is 18.0 Å². The van der Waals surface area contributed by atoms with E-state index >= 15 is 4.79 Å². The zero-order chi connectivity index (χ0) is 24.6. The third kappa shape index (κ3) is 5.27. The molecule has 0 bridgehead atoms. The Bertz CT molecular complexity index is 1030. The van der Waals surface area contributed by atoms with Gasteiger partial charge in [0.15, 0.2) is 0 Å². The zero-order valence-corrected chi connectivity index (χ0v) is 21.5. The van der Waals surface area contributed by atoms with E-state index in [0.717, 1.165) is 61.6 Å². The number of carbonyl (C=O) groups is 1. The first-order chi connectivity index (χ1) is 17.8. The minimum atomic E-state index is -0.676. The quantitative estimate of drug-likeness (QED) is 0.325. The Kier molecular flexibility index (Phi) is 8.18. The molecule has 5 rings (SSSR count). The number of hydrogen-bond donors (Lipinski definition) is 0. The lowest BCUT2D eigenvalue weighted by Crippen LogP contribution is -2.58. The largest absolute Gasteiger partial charge is 0.286 e. The van der Waals surface area contributed by atoms with E-state index in [4.69, 9.17) is 0 Å². The maximum Gasteiger partial charge on any atom is 0.256 e. The number of rotatable bonds is 8. The average molecular weight is 481 g/mol. The zero-order valence-electron chi connectivity index (χ0n) is 21.5. The molecule has 1 saturated heterocycles. The van der Waals surface area contributed by atoms with Crippen LogP contribution < -0.4 is 4.90 Å². The number of carbonyl (C=O) groups excluding carboxylic acids is 1. The fourth-order valence-electron chi connectivity index (χ4n) is 6.45. The Morgan fingerprint density at radius 2 is 1.19 bits per heavy atom. The molecule has 2 fully saturated rings. The van der Waals surface area contributed by atoms with Gasteiger partial charge in [-0.15, -0.1) is 0 Å². The first kappa shape index (κ1) is 24.8. The van der Waals surface area contributed by atoms with E-state index in [1.165, 1.54) is 38.5 Å². The van der Waals surface area contributed by atoms with Gasteiger partial charge in [-0.1, -0.05) is 105 Å². The summed E-state index contributed by atoms with van der Waals surface area (Å²) < 4.78 is 0. The summed E-state index contributed by atoms with van der Waals surface area (Å²) in [5.74, 6) is 0.908. The standard InChI is InChI=1S/C33H40N2O/c36-32(35(30-20-10-3-11-21-30)31-22-12-4-13-23-31)33(29-18-8-2-9-19-29,34-26-14-5-15-27-34)25-24-28-16-6-1-7-17-28/h2-4,8-13,18-23,28H,1,5-7,14-17,24-27H2. The third-order valence-electron chi connectivity index (χ3n) is 8.37. The van der Waals surface area contributed by atoms with Gasteiger partial charge in [-0.25, -0.2) is 0 Å². The highest BCUT2D eigenvalue weighted by atomic mass is 16.2. The molecular weight excluding hydrogens is 440 g/mol. The number of nitrogens with zero attached hydrogens (tertiary/aromatic N) is 2. The number of likely N-dealkylation sites (tertiary alicyclic amines) is 1. The first-order valence-corrected chi connectivity index (χ1v) is 14.0. The van der Waals surface area contributed by atoms with Crippen molar-refractivity contribution < 1.29 is 4.79 Å². The lowest BCUT2D eigenvalue weighted by molar-refractivity contribution is -0.132. The number of amides is 1. The van der Waals surface area contributed by atoms with Crippen molar-refractivity contribution in [3.05, 3.63) is 96.6 Å². The van der Waals surface area contributed by atoms with E-state index in [1.807, 2.05) is 41.3 Å². The minimum absolute atomic E-state index is 0.184. The van der Waals surface area contributed by atoms with Crippen LogP contribution in [-0.2, 0) is 10.3 Å². The van der Waals surface area contributed by atoms with Crippen LogP contribution >= 0.6 is 0 Å². The molecule has 3 aromatic carbocycles. The predicted octanol–water partition coefficient (Wildman–Crippen LogP) is 8.09. The molecule has 1 aliphatic heterocycles. The van der Waals surface area contributed by atoms with E-state index in [1.54, 1.807) is 0 Å². The number of hydrogen-bond acceptors (Lipinski definition) is 2. The van der Waals surface area contributed by atoms with Crippen molar-refractivity contribution in [3.63, 3.8) is 0 Å². The van der Waals surface area contributed by atoms with Gasteiger partial charge in [-0.3, -0.25) is 14.6 Å². The van der Waals surface area contributed by atoms with Crippen molar-refractivity contribution in [3.8, 4) is 0 Å². The maximum atomic E-state index is 15.2. The molecule has 3 aromatic rings. The second-order valence-corrected chi connectivity index (χ2v) is 10.6. The van der Waals surface area contributed by atoms with Gasteiger partial charge in [-0.05, 0) is 74.5 Å². The Morgan fingerprint density at radius 1 is 0.694 bits per heavy atom. The summed E-state index contributed by atoms with van der Waals surface area (Å²) in [4.78, 5) is 19.7. The molecule has 1 heterocycles. The van der Waals surface area contributed by atoms with Crippen molar-refractivity contribution >= 4 is 17.3 Å². The Labute approximate surface area is 217 Å². The summed E-state index contributed by atoms with van der Waals surface area (Å²) in [7, 11) is 0. The molecule has 0 aromatic heterocycles. The number of para-hydroxylation sites is 2. The van der Waals surface area contributed by atoms with Crippen LogP contribution in [0.2, 0.25) is 0 Å². The van der Waals surface area contributed by atoms with E-state index in [2.05, 4.69) is 59.5 Å². The lowest BCUT2D eigenvalue weighted by Gasteiger charge is -2.48. The van der Waals surface area contributed by atoms with Crippen LogP contribution in [0, 0.1) is 5.92 Å². The van der Waals surface area contributed by atoms with Gasteiger partial charge >= 0.3 is 0 Å². The Balaban J connectivity index is 1.63. The number of benzene rings is 3.